The molecule has 1 saturated heterocycles. The Labute approximate surface area is 199 Å². The first-order valence-electron chi connectivity index (χ1n) is 10.9. The Kier molecular flexibility index (Phi) is 5.99. The molecular weight excluding hydrogens is 454 g/mol. The van der Waals surface area contributed by atoms with E-state index in [1.54, 1.807) is 29.3 Å². The smallest absolute Gasteiger partial charge is 0.350 e. The first-order valence-corrected chi connectivity index (χ1v) is 11.7. The second kappa shape index (κ2) is 9.24. The van der Waals surface area contributed by atoms with E-state index in [0.717, 1.165) is 20.7 Å². The summed E-state index contributed by atoms with van der Waals surface area (Å²) in [4.78, 5) is 41.6. The van der Waals surface area contributed by atoms with Gasteiger partial charge in [-0.1, -0.05) is 36.4 Å². The van der Waals surface area contributed by atoms with E-state index >= 15 is 0 Å². The van der Waals surface area contributed by atoms with Crippen molar-refractivity contribution in [2.24, 2.45) is 0 Å². The molecule has 2 amide bonds. The molecule has 174 valence electrons. The lowest BCUT2D eigenvalue weighted by atomic mass is 10.1. The van der Waals surface area contributed by atoms with E-state index in [2.05, 4.69) is 10.4 Å². The van der Waals surface area contributed by atoms with E-state index in [4.69, 9.17) is 4.74 Å². The van der Waals surface area contributed by atoms with Crippen molar-refractivity contribution in [3.8, 4) is 10.4 Å². The van der Waals surface area contributed by atoms with Crippen LogP contribution in [0.15, 0.2) is 59.5 Å². The highest BCUT2D eigenvalue weighted by atomic mass is 32.1. The number of nitrogens with zero attached hydrogens (tertiary/aromatic N) is 4. The Morgan fingerprint density at radius 3 is 2.56 bits per heavy atom. The molecule has 9 nitrogen and oxygen atoms in total. The third-order valence-corrected chi connectivity index (χ3v) is 6.99. The summed E-state index contributed by atoms with van der Waals surface area (Å²) in [5, 5.41) is 7.56. The number of hydrogen-bond donors (Lipinski definition) is 1. The van der Waals surface area contributed by atoms with Gasteiger partial charge >= 0.3 is 5.69 Å². The predicted molar refractivity (Wildman–Crippen MR) is 129 cm³/mol. The number of fused-ring (bicyclic) bond motifs is 1. The fraction of sp³-hybridized carbons (Fsp3) is 0.250. The van der Waals surface area contributed by atoms with Crippen LogP contribution in [0.25, 0.3) is 16.1 Å². The summed E-state index contributed by atoms with van der Waals surface area (Å²) in [6.07, 6.45) is 1.60. The molecule has 4 aromatic rings. The topological polar surface area (TPSA) is 97.9 Å². The van der Waals surface area contributed by atoms with Crippen LogP contribution in [0.1, 0.15) is 15.9 Å². The molecule has 0 aliphatic carbocycles. The average Bonchev–Trinajstić information content (AvgIpc) is 3.35. The number of carbonyl (C=O) groups excluding carboxylic acids is 2. The highest BCUT2D eigenvalue weighted by molar-refractivity contribution is 7.20. The van der Waals surface area contributed by atoms with Gasteiger partial charge in [-0.15, -0.1) is 16.4 Å². The van der Waals surface area contributed by atoms with E-state index in [9.17, 15) is 14.4 Å². The maximum atomic E-state index is 13.5. The quantitative estimate of drug-likeness (QED) is 0.477. The van der Waals surface area contributed by atoms with Crippen molar-refractivity contribution in [1.29, 1.82) is 0 Å². The number of anilines is 1. The van der Waals surface area contributed by atoms with Gasteiger partial charge in [-0.3, -0.25) is 14.0 Å². The lowest BCUT2D eigenvalue weighted by molar-refractivity contribution is -0.116. The summed E-state index contributed by atoms with van der Waals surface area (Å²) >= 11 is 1.36. The third kappa shape index (κ3) is 4.13. The molecule has 34 heavy (non-hydrogen) atoms. The van der Waals surface area contributed by atoms with Crippen molar-refractivity contribution in [2.75, 3.05) is 31.6 Å². The standard InChI is InChI=1S/C24H23N5O4S/c1-16-20(23(31)27-11-13-33-14-12-27)22(34-21(16)17-7-3-2-4-8-17)25-19(30)15-29-24(32)28-10-6-5-9-18(28)26-29/h2-10H,11-15H2,1H3,(H,25,30). The summed E-state index contributed by atoms with van der Waals surface area (Å²) in [6.45, 7) is 3.60. The van der Waals surface area contributed by atoms with Crippen LogP contribution in [-0.4, -0.2) is 57.2 Å². The van der Waals surface area contributed by atoms with Crippen LogP contribution in [0, 0.1) is 6.92 Å². The SMILES string of the molecule is Cc1c(-c2ccccc2)sc(NC(=O)Cn2nc3ccccn3c2=O)c1C(=O)N1CCOCC1. The number of benzene rings is 1. The minimum atomic E-state index is -0.428. The highest BCUT2D eigenvalue weighted by Gasteiger charge is 2.28. The molecule has 4 heterocycles. The number of morpholine rings is 1. The fourth-order valence-electron chi connectivity index (χ4n) is 4.02. The van der Waals surface area contributed by atoms with E-state index in [1.165, 1.54) is 15.7 Å². The van der Waals surface area contributed by atoms with Gasteiger partial charge in [0.25, 0.3) is 5.91 Å². The minimum Gasteiger partial charge on any atom is -0.378 e. The van der Waals surface area contributed by atoms with Crippen molar-refractivity contribution < 1.29 is 14.3 Å². The van der Waals surface area contributed by atoms with Crippen LogP contribution < -0.4 is 11.0 Å². The summed E-state index contributed by atoms with van der Waals surface area (Å²) < 4.78 is 7.88. The first kappa shape index (κ1) is 22.1. The van der Waals surface area contributed by atoms with Gasteiger partial charge in [-0.2, -0.15) is 0 Å². The van der Waals surface area contributed by atoms with E-state index in [0.29, 0.717) is 42.5 Å². The van der Waals surface area contributed by atoms with Crippen molar-refractivity contribution in [1.82, 2.24) is 19.1 Å². The van der Waals surface area contributed by atoms with Crippen LogP contribution in [0.4, 0.5) is 5.00 Å². The molecule has 1 N–H and O–H groups in total. The maximum absolute atomic E-state index is 13.5. The molecule has 0 atom stereocenters. The highest BCUT2D eigenvalue weighted by Crippen LogP contribution is 2.40. The number of thiophene rings is 1. The lowest BCUT2D eigenvalue weighted by Gasteiger charge is -2.27. The number of amides is 2. The molecule has 0 unspecified atom stereocenters. The molecule has 0 spiro atoms. The second-order valence-corrected chi connectivity index (χ2v) is 8.97. The number of hydrogen-bond acceptors (Lipinski definition) is 6. The van der Waals surface area contributed by atoms with Crippen LogP contribution in [-0.2, 0) is 16.1 Å². The molecule has 5 rings (SSSR count). The molecule has 0 saturated carbocycles. The predicted octanol–water partition coefficient (Wildman–Crippen LogP) is 2.64. The van der Waals surface area contributed by atoms with Gasteiger partial charge in [0.05, 0.1) is 18.8 Å². The molecule has 3 aromatic heterocycles. The molecule has 0 radical (unpaired) electrons. The van der Waals surface area contributed by atoms with Gasteiger partial charge in [0, 0.05) is 24.2 Å². The number of nitrogens with one attached hydrogen (secondary N) is 1. The van der Waals surface area contributed by atoms with Crippen molar-refractivity contribution in [3.05, 3.63) is 76.3 Å². The summed E-state index contributed by atoms with van der Waals surface area (Å²) in [5.41, 5.74) is 2.32. The van der Waals surface area contributed by atoms with E-state index in [-0.39, 0.29) is 12.5 Å². The molecule has 10 heteroatoms. The lowest BCUT2D eigenvalue weighted by Crippen LogP contribution is -2.41. The van der Waals surface area contributed by atoms with Crippen LogP contribution in [0.5, 0.6) is 0 Å². The Morgan fingerprint density at radius 2 is 1.82 bits per heavy atom. The molecule has 0 bridgehead atoms. The maximum Gasteiger partial charge on any atom is 0.350 e. The summed E-state index contributed by atoms with van der Waals surface area (Å²) in [7, 11) is 0. The fourth-order valence-corrected chi connectivity index (χ4v) is 5.24. The third-order valence-electron chi connectivity index (χ3n) is 5.73. The van der Waals surface area contributed by atoms with Gasteiger partial charge in [-0.25, -0.2) is 9.48 Å². The van der Waals surface area contributed by atoms with Gasteiger partial charge < -0.3 is 15.0 Å². The zero-order valence-electron chi connectivity index (χ0n) is 18.6. The molecular formula is C24H23N5O4S. The van der Waals surface area contributed by atoms with Crippen LogP contribution in [0.2, 0.25) is 0 Å². The number of ether oxygens (including phenoxy) is 1. The Hall–Kier alpha value is -3.76. The molecule has 1 aliphatic rings. The Morgan fingerprint density at radius 1 is 1.09 bits per heavy atom. The van der Waals surface area contributed by atoms with E-state index < -0.39 is 11.6 Å². The number of rotatable bonds is 5. The Bertz CT molecular complexity index is 1420. The van der Waals surface area contributed by atoms with Crippen LogP contribution in [0.3, 0.4) is 0 Å². The van der Waals surface area contributed by atoms with Crippen LogP contribution >= 0.6 is 11.3 Å². The van der Waals surface area contributed by atoms with Gasteiger partial charge in [-0.05, 0) is 30.2 Å². The number of carbonyl (C=O) groups is 2. The van der Waals surface area contributed by atoms with Crippen molar-refractivity contribution in [3.63, 3.8) is 0 Å². The zero-order chi connectivity index (χ0) is 23.7. The number of aromatic nitrogens is 3. The second-order valence-electron chi connectivity index (χ2n) is 7.95. The Balaban J connectivity index is 1.47. The molecule has 1 aliphatic heterocycles. The minimum absolute atomic E-state index is 0.139. The van der Waals surface area contributed by atoms with Gasteiger partial charge in [0.1, 0.15) is 11.5 Å². The van der Waals surface area contributed by atoms with Crippen molar-refractivity contribution >= 4 is 33.8 Å². The van der Waals surface area contributed by atoms with Gasteiger partial charge in [0.2, 0.25) is 5.91 Å². The summed E-state index contributed by atoms with van der Waals surface area (Å²) in [6, 6.07) is 15.0. The number of pyridine rings is 1. The largest absolute Gasteiger partial charge is 0.378 e. The average molecular weight is 478 g/mol. The first-order chi connectivity index (χ1) is 16.5. The van der Waals surface area contributed by atoms with E-state index in [1.807, 2.05) is 37.3 Å². The van der Waals surface area contributed by atoms with Crippen molar-refractivity contribution in [2.45, 2.75) is 13.5 Å². The molecule has 1 fully saturated rings. The monoisotopic (exact) mass is 477 g/mol. The van der Waals surface area contributed by atoms with Gasteiger partial charge in [0.15, 0.2) is 5.65 Å². The molecule has 1 aromatic carbocycles. The normalized spacial score (nSPS) is 13.9. The zero-order valence-corrected chi connectivity index (χ0v) is 19.4. The summed E-state index contributed by atoms with van der Waals surface area (Å²) in [5.74, 6) is -0.568.